The SMILES string of the molecule is CCC1CCCC2(C1)C[C@@H](O)c1cc(C)ccc1O2. The average molecular weight is 260 g/mol. The van der Waals surface area contributed by atoms with E-state index in [9.17, 15) is 5.11 Å². The Morgan fingerprint density at radius 2 is 2.21 bits per heavy atom. The normalized spacial score (nSPS) is 33.8. The summed E-state index contributed by atoms with van der Waals surface area (Å²) in [4.78, 5) is 0. The summed E-state index contributed by atoms with van der Waals surface area (Å²) in [6.07, 6.45) is 6.37. The molecule has 0 saturated heterocycles. The van der Waals surface area contributed by atoms with Crippen molar-refractivity contribution in [3.63, 3.8) is 0 Å². The molecule has 1 aromatic rings. The second-order valence-corrected chi connectivity index (χ2v) is 6.42. The van der Waals surface area contributed by atoms with Crippen molar-refractivity contribution in [3.8, 4) is 5.75 Å². The first-order chi connectivity index (χ1) is 9.12. The molecule has 2 heteroatoms. The van der Waals surface area contributed by atoms with Gasteiger partial charge in [-0.2, -0.15) is 0 Å². The first kappa shape index (κ1) is 13.0. The van der Waals surface area contributed by atoms with E-state index in [4.69, 9.17) is 4.74 Å². The number of aliphatic hydroxyl groups is 1. The van der Waals surface area contributed by atoms with E-state index < -0.39 is 0 Å². The molecule has 2 nitrogen and oxygen atoms in total. The Balaban J connectivity index is 1.89. The van der Waals surface area contributed by atoms with Crippen LogP contribution in [-0.2, 0) is 0 Å². The van der Waals surface area contributed by atoms with E-state index in [1.54, 1.807) is 0 Å². The number of aliphatic hydroxyl groups excluding tert-OH is 1. The fraction of sp³-hybridized carbons (Fsp3) is 0.647. The number of hydrogen-bond donors (Lipinski definition) is 1. The summed E-state index contributed by atoms with van der Waals surface area (Å²) in [5, 5.41) is 10.5. The van der Waals surface area contributed by atoms with Crippen LogP contribution in [0.25, 0.3) is 0 Å². The van der Waals surface area contributed by atoms with E-state index in [1.165, 1.54) is 24.8 Å². The van der Waals surface area contributed by atoms with Crippen LogP contribution in [-0.4, -0.2) is 10.7 Å². The number of fused-ring (bicyclic) bond motifs is 1. The van der Waals surface area contributed by atoms with Crippen molar-refractivity contribution in [2.24, 2.45) is 5.92 Å². The van der Waals surface area contributed by atoms with Gasteiger partial charge in [-0.1, -0.05) is 31.4 Å². The van der Waals surface area contributed by atoms with Crippen LogP contribution in [0.1, 0.15) is 62.7 Å². The number of benzene rings is 1. The first-order valence-electron chi connectivity index (χ1n) is 7.59. The van der Waals surface area contributed by atoms with E-state index in [-0.39, 0.29) is 11.7 Å². The zero-order valence-electron chi connectivity index (χ0n) is 12.0. The number of rotatable bonds is 1. The lowest BCUT2D eigenvalue weighted by Crippen LogP contribution is -2.45. The van der Waals surface area contributed by atoms with Crippen molar-refractivity contribution in [2.75, 3.05) is 0 Å². The predicted molar refractivity (Wildman–Crippen MR) is 76.4 cm³/mol. The Kier molecular flexibility index (Phi) is 3.30. The second-order valence-electron chi connectivity index (χ2n) is 6.42. The summed E-state index contributed by atoms with van der Waals surface area (Å²) < 4.78 is 6.36. The van der Waals surface area contributed by atoms with Crippen LogP contribution >= 0.6 is 0 Å². The quantitative estimate of drug-likeness (QED) is 0.822. The summed E-state index contributed by atoms with van der Waals surface area (Å²) in [6.45, 7) is 4.32. The topological polar surface area (TPSA) is 29.5 Å². The van der Waals surface area contributed by atoms with Gasteiger partial charge in [0, 0.05) is 12.0 Å². The Hall–Kier alpha value is -1.02. The first-order valence-corrected chi connectivity index (χ1v) is 7.59. The van der Waals surface area contributed by atoms with Crippen LogP contribution in [0.5, 0.6) is 5.75 Å². The minimum absolute atomic E-state index is 0.111. The molecule has 1 N–H and O–H groups in total. The van der Waals surface area contributed by atoms with Gasteiger partial charge in [0.2, 0.25) is 0 Å². The van der Waals surface area contributed by atoms with Crippen LogP contribution in [0.15, 0.2) is 18.2 Å². The maximum absolute atomic E-state index is 10.5. The molecule has 104 valence electrons. The second kappa shape index (κ2) is 4.82. The molecular formula is C17H24O2. The van der Waals surface area contributed by atoms with E-state index in [0.717, 1.165) is 36.5 Å². The molecule has 1 aliphatic heterocycles. The Morgan fingerprint density at radius 3 is 3.00 bits per heavy atom. The molecule has 0 radical (unpaired) electrons. The van der Waals surface area contributed by atoms with Crippen molar-refractivity contribution >= 4 is 0 Å². The molecule has 1 heterocycles. The smallest absolute Gasteiger partial charge is 0.125 e. The van der Waals surface area contributed by atoms with Gasteiger partial charge >= 0.3 is 0 Å². The lowest BCUT2D eigenvalue weighted by molar-refractivity contribution is -0.0521. The summed E-state index contributed by atoms with van der Waals surface area (Å²) in [5.74, 6) is 1.66. The van der Waals surface area contributed by atoms with Gasteiger partial charge in [0.25, 0.3) is 0 Å². The van der Waals surface area contributed by atoms with Gasteiger partial charge < -0.3 is 9.84 Å². The van der Waals surface area contributed by atoms with Gasteiger partial charge in [-0.25, -0.2) is 0 Å². The van der Waals surface area contributed by atoms with Gasteiger partial charge in [-0.15, -0.1) is 0 Å². The summed E-state index contributed by atoms with van der Waals surface area (Å²) in [5.41, 5.74) is 2.05. The molecule has 2 unspecified atom stereocenters. The van der Waals surface area contributed by atoms with Crippen molar-refractivity contribution in [1.82, 2.24) is 0 Å². The van der Waals surface area contributed by atoms with E-state index in [0.29, 0.717) is 0 Å². The Labute approximate surface area is 115 Å². The molecule has 3 rings (SSSR count). The van der Waals surface area contributed by atoms with Crippen molar-refractivity contribution < 1.29 is 9.84 Å². The molecule has 0 bridgehead atoms. The highest BCUT2D eigenvalue weighted by molar-refractivity contribution is 5.41. The monoisotopic (exact) mass is 260 g/mol. The minimum Gasteiger partial charge on any atom is -0.487 e. The fourth-order valence-electron chi connectivity index (χ4n) is 3.83. The minimum atomic E-state index is -0.362. The highest BCUT2D eigenvalue weighted by Gasteiger charge is 2.43. The summed E-state index contributed by atoms with van der Waals surface area (Å²) >= 11 is 0. The molecule has 19 heavy (non-hydrogen) atoms. The van der Waals surface area contributed by atoms with Crippen LogP contribution in [0, 0.1) is 12.8 Å². The maximum atomic E-state index is 10.5. The lowest BCUT2D eigenvalue weighted by Gasteiger charge is -2.45. The third-order valence-corrected chi connectivity index (χ3v) is 4.90. The molecule has 1 aliphatic carbocycles. The van der Waals surface area contributed by atoms with Crippen LogP contribution in [0.2, 0.25) is 0 Å². The molecule has 1 spiro atoms. The highest BCUT2D eigenvalue weighted by atomic mass is 16.5. The Morgan fingerprint density at radius 1 is 1.37 bits per heavy atom. The molecule has 1 fully saturated rings. The van der Waals surface area contributed by atoms with Gasteiger partial charge in [0.1, 0.15) is 11.4 Å². The van der Waals surface area contributed by atoms with Crippen molar-refractivity contribution in [1.29, 1.82) is 0 Å². The molecule has 0 amide bonds. The highest BCUT2D eigenvalue weighted by Crippen LogP contribution is 2.48. The molecule has 1 aromatic carbocycles. The van der Waals surface area contributed by atoms with Gasteiger partial charge in [0.05, 0.1) is 6.10 Å². The van der Waals surface area contributed by atoms with E-state index >= 15 is 0 Å². The largest absolute Gasteiger partial charge is 0.487 e. The predicted octanol–water partition coefficient (Wildman–Crippen LogP) is 4.15. The number of hydrogen-bond acceptors (Lipinski definition) is 2. The summed E-state index contributed by atoms with van der Waals surface area (Å²) in [6, 6.07) is 6.17. The molecule has 1 saturated carbocycles. The van der Waals surface area contributed by atoms with E-state index in [2.05, 4.69) is 26.0 Å². The standard InChI is InChI=1S/C17H24O2/c1-3-13-5-4-8-17(10-13)11-15(18)14-9-12(2)6-7-16(14)19-17/h6-7,9,13,15,18H,3-5,8,10-11H2,1-2H3/t13?,15-,17?/m1/s1. The van der Waals surface area contributed by atoms with Crippen molar-refractivity contribution in [3.05, 3.63) is 29.3 Å². The van der Waals surface area contributed by atoms with Gasteiger partial charge in [0.15, 0.2) is 0 Å². The summed E-state index contributed by atoms with van der Waals surface area (Å²) in [7, 11) is 0. The number of ether oxygens (including phenoxy) is 1. The fourth-order valence-corrected chi connectivity index (χ4v) is 3.83. The van der Waals surface area contributed by atoms with Gasteiger partial charge in [-0.05, 0) is 44.2 Å². The lowest BCUT2D eigenvalue weighted by atomic mass is 9.72. The molecule has 3 atom stereocenters. The Bertz CT molecular complexity index is 468. The van der Waals surface area contributed by atoms with Crippen LogP contribution < -0.4 is 4.74 Å². The average Bonchev–Trinajstić information content (AvgIpc) is 2.40. The third-order valence-electron chi connectivity index (χ3n) is 4.90. The zero-order valence-corrected chi connectivity index (χ0v) is 12.0. The van der Waals surface area contributed by atoms with Gasteiger partial charge in [-0.3, -0.25) is 0 Å². The number of aryl methyl sites for hydroxylation is 1. The molecular weight excluding hydrogens is 236 g/mol. The molecule has 0 aromatic heterocycles. The molecule has 2 aliphatic rings. The van der Waals surface area contributed by atoms with Crippen molar-refractivity contribution in [2.45, 2.75) is 64.1 Å². The van der Waals surface area contributed by atoms with Crippen LogP contribution in [0.4, 0.5) is 0 Å². The van der Waals surface area contributed by atoms with E-state index in [1.807, 2.05) is 6.07 Å². The third kappa shape index (κ3) is 2.38. The van der Waals surface area contributed by atoms with Crippen LogP contribution in [0.3, 0.4) is 0 Å². The maximum Gasteiger partial charge on any atom is 0.125 e. The zero-order chi connectivity index (χ0) is 13.5.